The summed E-state index contributed by atoms with van der Waals surface area (Å²) < 4.78 is 19.9. The normalized spacial score (nSPS) is 10.8. The Morgan fingerprint density at radius 2 is 2.29 bits per heavy atom. The number of hydrogen-bond acceptors (Lipinski definition) is 3. The Bertz CT molecular complexity index is 513. The summed E-state index contributed by atoms with van der Waals surface area (Å²) in [6.45, 7) is 0.779. The van der Waals surface area contributed by atoms with Crippen LogP contribution in [0.25, 0.3) is 11.3 Å². The molecule has 0 aliphatic heterocycles. The van der Waals surface area contributed by atoms with Crippen LogP contribution in [0.4, 0.5) is 4.39 Å². The van der Waals surface area contributed by atoms with Gasteiger partial charge in [-0.1, -0.05) is 15.9 Å². The van der Waals surface area contributed by atoms with E-state index in [0.717, 1.165) is 11.0 Å². The quantitative estimate of drug-likeness (QED) is 0.943. The van der Waals surface area contributed by atoms with E-state index in [9.17, 15) is 4.39 Å². The molecule has 3 nitrogen and oxygen atoms in total. The van der Waals surface area contributed by atoms with E-state index in [0.29, 0.717) is 23.6 Å². The third-order valence-electron chi connectivity index (χ3n) is 2.34. The third-order valence-corrected chi connectivity index (χ3v) is 2.83. The van der Waals surface area contributed by atoms with E-state index >= 15 is 0 Å². The van der Waals surface area contributed by atoms with E-state index in [4.69, 9.17) is 4.42 Å². The van der Waals surface area contributed by atoms with Crippen LogP contribution in [0.15, 0.2) is 33.3 Å². The Balaban J connectivity index is 2.27. The number of likely N-dealkylation sites (N-methyl/N-ethyl adjacent to an activating group) is 1. The van der Waals surface area contributed by atoms with Crippen molar-refractivity contribution in [2.24, 2.45) is 0 Å². The smallest absolute Gasteiger partial charge is 0.196 e. The van der Waals surface area contributed by atoms with Gasteiger partial charge < -0.3 is 9.73 Å². The van der Waals surface area contributed by atoms with Crippen LogP contribution in [-0.4, -0.2) is 18.6 Å². The molecule has 90 valence electrons. The van der Waals surface area contributed by atoms with Gasteiger partial charge in [-0.15, -0.1) is 0 Å². The van der Waals surface area contributed by atoms with E-state index in [-0.39, 0.29) is 5.82 Å². The fourth-order valence-corrected chi connectivity index (χ4v) is 1.83. The summed E-state index contributed by atoms with van der Waals surface area (Å²) >= 11 is 3.30. The summed E-state index contributed by atoms with van der Waals surface area (Å²) in [5, 5.41) is 3.00. The molecule has 17 heavy (non-hydrogen) atoms. The predicted octanol–water partition coefficient (Wildman–Crippen LogP) is 3.01. The molecule has 0 fully saturated rings. The number of oxazole rings is 1. The van der Waals surface area contributed by atoms with Crippen LogP contribution >= 0.6 is 15.9 Å². The zero-order valence-electron chi connectivity index (χ0n) is 9.34. The molecule has 1 aromatic carbocycles. The van der Waals surface area contributed by atoms with Crippen LogP contribution in [0.2, 0.25) is 0 Å². The molecular weight excluding hydrogens is 287 g/mol. The van der Waals surface area contributed by atoms with E-state index in [2.05, 4.69) is 26.2 Å². The van der Waals surface area contributed by atoms with E-state index in [1.807, 2.05) is 7.05 Å². The van der Waals surface area contributed by atoms with Gasteiger partial charge >= 0.3 is 0 Å². The predicted molar refractivity (Wildman–Crippen MR) is 67.2 cm³/mol. The molecular formula is C12H12BrFN2O. The summed E-state index contributed by atoms with van der Waals surface area (Å²) in [7, 11) is 1.86. The molecule has 0 aliphatic carbocycles. The topological polar surface area (TPSA) is 38.1 Å². The molecule has 0 amide bonds. The third kappa shape index (κ3) is 2.92. The van der Waals surface area contributed by atoms with Crippen molar-refractivity contribution in [1.82, 2.24) is 10.3 Å². The number of rotatable bonds is 4. The Morgan fingerprint density at radius 1 is 1.47 bits per heavy atom. The Morgan fingerprint density at radius 3 is 3.06 bits per heavy atom. The molecule has 0 aliphatic rings. The highest BCUT2D eigenvalue weighted by atomic mass is 79.9. The van der Waals surface area contributed by atoms with Crippen LogP contribution in [0, 0.1) is 5.82 Å². The first kappa shape index (κ1) is 12.3. The van der Waals surface area contributed by atoms with Crippen molar-refractivity contribution in [2.45, 2.75) is 6.42 Å². The van der Waals surface area contributed by atoms with Crippen LogP contribution in [-0.2, 0) is 6.42 Å². The summed E-state index contributed by atoms with van der Waals surface area (Å²) in [5.74, 6) is 0.744. The van der Waals surface area contributed by atoms with Gasteiger partial charge in [0.25, 0.3) is 0 Å². The summed E-state index contributed by atoms with van der Waals surface area (Å²) in [4.78, 5) is 4.11. The molecule has 0 bridgehead atoms. The number of nitrogens with zero attached hydrogens (tertiary/aromatic N) is 1. The van der Waals surface area contributed by atoms with E-state index in [1.54, 1.807) is 18.3 Å². The molecule has 0 radical (unpaired) electrons. The molecule has 0 atom stereocenters. The lowest BCUT2D eigenvalue weighted by Gasteiger charge is -1.99. The van der Waals surface area contributed by atoms with Gasteiger partial charge in [-0.05, 0) is 25.2 Å². The molecule has 1 N–H and O–H groups in total. The minimum absolute atomic E-state index is 0.315. The van der Waals surface area contributed by atoms with Crippen molar-refractivity contribution in [3.63, 3.8) is 0 Å². The minimum atomic E-state index is -0.315. The molecule has 2 rings (SSSR count). The number of aromatic nitrogens is 1. The van der Waals surface area contributed by atoms with Crippen LogP contribution in [0.3, 0.4) is 0 Å². The first-order valence-corrected chi connectivity index (χ1v) is 6.04. The van der Waals surface area contributed by atoms with Gasteiger partial charge in [-0.2, -0.15) is 0 Å². The van der Waals surface area contributed by atoms with Gasteiger partial charge in [0.05, 0.1) is 11.8 Å². The lowest BCUT2D eigenvalue weighted by Crippen LogP contribution is -2.10. The lowest BCUT2D eigenvalue weighted by molar-refractivity contribution is 0.497. The highest BCUT2D eigenvalue weighted by Crippen LogP contribution is 2.26. The fraction of sp³-hybridized carbons (Fsp3) is 0.250. The van der Waals surface area contributed by atoms with E-state index in [1.165, 1.54) is 6.07 Å². The summed E-state index contributed by atoms with van der Waals surface area (Å²) in [6, 6.07) is 4.73. The van der Waals surface area contributed by atoms with Crippen molar-refractivity contribution in [3.05, 3.63) is 40.6 Å². The first-order valence-electron chi connectivity index (χ1n) is 5.25. The number of hydrogen-bond donors (Lipinski definition) is 1. The Hall–Kier alpha value is -1.20. The molecule has 1 aromatic heterocycles. The number of nitrogens with one attached hydrogen (secondary N) is 1. The molecule has 1 heterocycles. The Kier molecular flexibility index (Phi) is 3.91. The van der Waals surface area contributed by atoms with E-state index < -0.39 is 0 Å². The largest absolute Gasteiger partial charge is 0.441 e. The molecule has 2 aromatic rings. The van der Waals surface area contributed by atoms with Gasteiger partial charge in [-0.25, -0.2) is 9.37 Å². The van der Waals surface area contributed by atoms with Crippen molar-refractivity contribution < 1.29 is 8.81 Å². The van der Waals surface area contributed by atoms with Gasteiger partial charge in [0.1, 0.15) is 5.82 Å². The second kappa shape index (κ2) is 5.42. The summed E-state index contributed by atoms with van der Waals surface area (Å²) in [5.41, 5.74) is 0.419. The van der Waals surface area contributed by atoms with Gasteiger partial charge in [-0.3, -0.25) is 0 Å². The fourth-order valence-electron chi connectivity index (χ4n) is 1.47. The van der Waals surface area contributed by atoms with Gasteiger partial charge in [0.15, 0.2) is 11.7 Å². The molecule has 5 heteroatoms. The average molecular weight is 299 g/mol. The van der Waals surface area contributed by atoms with Crippen molar-refractivity contribution in [2.75, 3.05) is 13.6 Å². The molecule has 0 spiro atoms. The van der Waals surface area contributed by atoms with Gasteiger partial charge in [0.2, 0.25) is 0 Å². The average Bonchev–Trinajstić information content (AvgIpc) is 2.78. The zero-order valence-corrected chi connectivity index (χ0v) is 10.9. The highest BCUT2D eigenvalue weighted by Gasteiger charge is 2.11. The SMILES string of the molecule is CNCCc1ncc(-c2cc(Br)ccc2F)o1. The standard InChI is InChI=1S/C12H12BrFN2O/c1-15-5-4-12-16-7-11(17-12)9-6-8(13)2-3-10(9)14/h2-3,6-7,15H,4-5H2,1H3. The molecule has 0 saturated heterocycles. The molecule has 0 unspecified atom stereocenters. The second-order valence-electron chi connectivity index (χ2n) is 3.60. The first-order chi connectivity index (χ1) is 8.20. The molecule has 0 saturated carbocycles. The van der Waals surface area contributed by atoms with Crippen LogP contribution < -0.4 is 5.32 Å². The maximum Gasteiger partial charge on any atom is 0.196 e. The lowest BCUT2D eigenvalue weighted by atomic mass is 10.2. The summed E-state index contributed by atoms with van der Waals surface area (Å²) in [6.07, 6.45) is 2.24. The van der Waals surface area contributed by atoms with Crippen LogP contribution in [0.5, 0.6) is 0 Å². The van der Waals surface area contributed by atoms with Crippen molar-refractivity contribution in [1.29, 1.82) is 0 Å². The Labute approximate surface area is 107 Å². The van der Waals surface area contributed by atoms with Crippen LogP contribution in [0.1, 0.15) is 5.89 Å². The van der Waals surface area contributed by atoms with Gasteiger partial charge in [0, 0.05) is 17.4 Å². The van der Waals surface area contributed by atoms with Crippen molar-refractivity contribution >= 4 is 15.9 Å². The number of benzene rings is 1. The highest BCUT2D eigenvalue weighted by molar-refractivity contribution is 9.10. The monoisotopic (exact) mass is 298 g/mol. The van der Waals surface area contributed by atoms with Crippen molar-refractivity contribution in [3.8, 4) is 11.3 Å². The maximum atomic E-state index is 13.6. The number of halogens is 2. The second-order valence-corrected chi connectivity index (χ2v) is 4.51. The maximum absolute atomic E-state index is 13.6. The minimum Gasteiger partial charge on any atom is -0.441 e. The zero-order chi connectivity index (χ0) is 12.3.